The van der Waals surface area contributed by atoms with Gasteiger partial charge in [0, 0.05) is 35.8 Å². The third-order valence-corrected chi connectivity index (χ3v) is 12.1. The van der Waals surface area contributed by atoms with Crippen molar-refractivity contribution in [3.63, 3.8) is 0 Å². The Morgan fingerprint density at radius 3 is 2.17 bits per heavy atom. The highest BCUT2D eigenvalue weighted by Crippen LogP contribution is 3.04. The van der Waals surface area contributed by atoms with Gasteiger partial charge in [-0.25, -0.2) is 18.4 Å². The summed E-state index contributed by atoms with van der Waals surface area (Å²) in [5, 5.41) is 8.18. The lowest BCUT2D eigenvalue weighted by atomic mass is 8.98. The number of aromatic nitrogens is 6. The number of sulfonamides is 1. The maximum absolute atomic E-state index is 13.6. The van der Waals surface area contributed by atoms with Crippen LogP contribution < -0.4 is 4.72 Å². The molecule has 3 heterocycles. The minimum Gasteiger partial charge on any atom is -0.285 e. The Balaban J connectivity index is 1.17. The average Bonchev–Trinajstić information content (AvgIpc) is 3.26. The van der Waals surface area contributed by atoms with Crippen LogP contribution in [0.4, 0.5) is 5.95 Å². The Kier molecular flexibility index (Phi) is 3.53. The summed E-state index contributed by atoms with van der Waals surface area (Å²) in [7, 11) is -3.77. The molecule has 3 aromatic heterocycles. The molecule has 1 N–H and O–H groups in total. The van der Waals surface area contributed by atoms with Crippen LogP contribution in [0.2, 0.25) is 0 Å². The standard InChI is InChI=1S/C25H27N7O2S/c1-10-7-27-22(28-8-10)12(3)13(4)35(33,34)31-24-30-29-23(14-6-5-11(2)26-9-14)32(24)25-19-16-15-17(19)21(25)18(15)20(16)25/h5-9,12-13,15-21H,1-4H3,(H,30,31)/t12-,13-,15?,16?,17?,18?,19?,20?,21?,25?/m0/s1. The molecule has 0 aromatic carbocycles. The molecule has 0 amide bonds. The number of nitrogens with one attached hydrogen (secondary N) is 1. The lowest BCUT2D eigenvalue weighted by Gasteiger charge is -3.07. The fourth-order valence-electron chi connectivity index (χ4n) is 8.66. The molecule has 0 aliphatic heterocycles. The van der Waals surface area contributed by atoms with Gasteiger partial charge in [0.1, 0.15) is 5.82 Å². The fraction of sp³-hybridized carbons (Fsp3) is 0.560. The van der Waals surface area contributed by atoms with Gasteiger partial charge in [0.15, 0.2) is 5.82 Å². The molecule has 0 radical (unpaired) electrons. The van der Waals surface area contributed by atoms with Gasteiger partial charge in [0.05, 0.1) is 10.8 Å². The molecular formula is C25H27N7O2S. The summed E-state index contributed by atoms with van der Waals surface area (Å²) in [6.45, 7) is 7.41. The van der Waals surface area contributed by atoms with Gasteiger partial charge in [-0.3, -0.25) is 14.3 Å². The summed E-state index contributed by atoms with van der Waals surface area (Å²) in [4.78, 5) is 13.2. The number of pyridine rings is 1. The third-order valence-electron chi connectivity index (χ3n) is 10.3. The summed E-state index contributed by atoms with van der Waals surface area (Å²) < 4.78 is 32.1. The molecule has 3 aromatic rings. The molecular weight excluding hydrogens is 462 g/mol. The van der Waals surface area contributed by atoms with Crippen LogP contribution in [0.5, 0.6) is 0 Å². The van der Waals surface area contributed by atoms with Crippen molar-refractivity contribution in [1.29, 1.82) is 0 Å². The van der Waals surface area contributed by atoms with E-state index in [1.54, 1.807) is 19.3 Å². The maximum Gasteiger partial charge on any atom is 0.239 e. The second-order valence-electron chi connectivity index (χ2n) is 11.4. The third kappa shape index (κ3) is 2.06. The van der Waals surface area contributed by atoms with Gasteiger partial charge in [-0.1, -0.05) is 6.92 Å². The topological polar surface area (TPSA) is 116 Å². The van der Waals surface area contributed by atoms with Crippen molar-refractivity contribution in [3.8, 4) is 11.4 Å². The Labute approximate surface area is 203 Å². The van der Waals surface area contributed by atoms with E-state index in [-0.39, 0.29) is 11.5 Å². The van der Waals surface area contributed by atoms with Gasteiger partial charge < -0.3 is 0 Å². The van der Waals surface area contributed by atoms with Crippen LogP contribution in [0.3, 0.4) is 0 Å². The van der Waals surface area contributed by atoms with Gasteiger partial charge in [0.25, 0.3) is 0 Å². The first-order valence-electron chi connectivity index (χ1n) is 12.5. The number of rotatable bonds is 7. The summed E-state index contributed by atoms with van der Waals surface area (Å²) in [6, 6.07) is 3.96. The van der Waals surface area contributed by atoms with E-state index in [4.69, 9.17) is 0 Å². The van der Waals surface area contributed by atoms with Crippen molar-refractivity contribution in [2.45, 2.75) is 44.4 Å². The smallest absolute Gasteiger partial charge is 0.239 e. The van der Waals surface area contributed by atoms with E-state index >= 15 is 0 Å². The van der Waals surface area contributed by atoms with E-state index in [1.807, 2.05) is 39.1 Å². The fourth-order valence-corrected chi connectivity index (χ4v) is 9.89. The van der Waals surface area contributed by atoms with Crippen LogP contribution in [-0.2, 0) is 15.6 Å². The highest BCUT2D eigenvalue weighted by molar-refractivity contribution is 7.93. The predicted molar refractivity (Wildman–Crippen MR) is 128 cm³/mol. The lowest BCUT2D eigenvalue weighted by molar-refractivity contribution is -0.600. The highest BCUT2D eigenvalue weighted by Gasteiger charge is 3.05. The number of nitrogens with zero attached hydrogens (tertiary/aromatic N) is 6. The monoisotopic (exact) mass is 489 g/mol. The molecule has 0 unspecified atom stereocenters. The van der Waals surface area contributed by atoms with E-state index in [1.165, 1.54) is 0 Å². The number of hydrogen-bond donors (Lipinski definition) is 1. The van der Waals surface area contributed by atoms with E-state index in [2.05, 4.69) is 34.4 Å². The van der Waals surface area contributed by atoms with Crippen molar-refractivity contribution in [1.82, 2.24) is 29.7 Å². The first-order chi connectivity index (χ1) is 16.8. The molecule has 6 aliphatic carbocycles. The molecule has 0 bridgehead atoms. The summed E-state index contributed by atoms with van der Waals surface area (Å²) in [5.41, 5.74) is 2.73. The van der Waals surface area contributed by atoms with Crippen LogP contribution in [0.25, 0.3) is 11.4 Å². The van der Waals surface area contributed by atoms with Gasteiger partial charge in [-0.15, -0.1) is 10.2 Å². The Hall–Kier alpha value is -2.88. The summed E-state index contributed by atoms with van der Waals surface area (Å²) >= 11 is 0. The lowest BCUT2D eigenvalue weighted by Crippen LogP contribution is -3.08. The largest absolute Gasteiger partial charge is 0.285 e. The van der Waals surface area contributed by atoms with Crippen molar-refractivity contribution >= 4 is 16.0 Å². The Bertz CT molecular complexity index is 1450. The normalized spacial score (nSPS) is 38.1. The highest BCUT2D eigenvalue weighted by atomic mass is 32.2. The Morgan fingerprint density at radius 1 is 0.914 bits per heavy atom. The van der Waals surface area contributed by atoms with E-state index < -0.39 is 15.3 Å². The van der Waals surface area contributed by atoms with E-state index in [0.29, 0.717) is 35.4 Å². The molecule has 10 heteroatoms. The zero-order valence-corrected chi connectivity index (χ0v) is 20.8. The first kappa shape index (κ1) is 20.3. The van der Waals surface area contributed by atoms with Crippen molar-refractivity contribution in [3.05, 3.63) is 47.8 Å². The van der Waals surface area contributed by atoms with Gasteiger partial charge in [-0.2, -0.15) is 0 Å². The van der Waals surface area contributed by atoms with E-state index in [9.17, 15) is 8.42 Å². The molecule has 0 spiro atoms. The molecule has 6 saturated carbocycles. The van der Waals surface area contributed by atoms with Crippen LogP contribution in [0, 0.1) is 55.3 Å². The predicted octanol–water partition coefficient (Wildman–Crippen LogP) is 2.76. The summed E-state index contributed by atoms with van der Waals surface area (Å²) in [6.07, 6.45) is 5.25. The molecule has 2 atom stereocenters. The van der Waals surface area contributed by atoms with Gasteiger partial charge in [-0.05, 0) is 79.9 Å². The van der Waals surface area contributed by atoms with Crippen molar-refractivity contribution in [2.75, 3.05) is 4.72 Å². The van der Waals surface area contributed by atoms with Crippen LogP contribution in [-0.4, -0.2) is 43.4 Å². The zero-order valence-electron chi connectivity index (χ0n) is 20.0. The first-order valence-corrected chi connectivity index (χ1v) is 14.0. The molecule has 180 valence electrons. The van der Waals surface area contributed by atoms with Crippen LogP contribution >= 0.6 is 0 Å². The minimum atomic E-state index is -3.77. The van der Waals surface area contributed by atoms with E-state index in [0.717, 1.165) is 40.5 Å². The molecule has 0 saturated heterocycles. The minimum absolute atomic E-state index is 0.00869. The van der Waals surface area contributed by atoms with Crippen molar-refractivity contribution in [2.24, 2.45) is 41.4 Å². The molecule has 6 fully saturated rings. The SMILES string of the molecule is Cc1cnc([C@@H](C)[C@H](C)S(=O)(=O)Nc2nnc(-c3ccc(C)nc3)n2C23C4C5C6C4C2C6C53)nc1. The number of aryl methyl sites for hydroxylation is 2. The van der Waals surface area contributed by atoms with Crippen molar-refractivity contribution < 1.29 is 8.42 Å². The molecule has 35 heavy (non-hydrogen) atoms. The average molecular weight is 490 g/mol. The van der Waals surface area contributed by atoms with Crippen LogP contribution in [0.1, 0.15) is 36.8 Å². The molecule has 9 rings (SSSR count). The zero-order chi connectivity index (χ0) is 24.0. The summed E-state index contributed by atoms with van der Waals surface area (Å²) in [5.74, 6) is 6.61. The Morgan fingerprint density at radius 2 is 1.57 bits per heavy atom. The van der Waals surface area contributed by atoms with Gasteiger partial charge >= 0.3 is 0 Å². The molecule has 6 aliphatic rings. The molecule has 9 nitrogen and oxygen atoms in total. The van der Waals surface area contributed by atoms with Crippen LogP contribution in [0.15, 0.2) is 30.7 Å². The quantitative estimate of drug-likeness (QED) is 0.542. The number of hydrogen-bond acceptors (Lipinski definition) is 7. The number of anilines is 1. The van der Waals surface area contributed by atoms with Gasteiger partial charge in [0.2, 0.25) is 16.0 Å². The maximum atomic E-state index is 13.6. The second kappa shape index (κ2) is 6.08. The second-order valence-corrected chi connectivity index (χ2v) is 13.4.